The third-order valence-electron chi connectivity index (χ3n) is 2.33. The van der Waals surface area contributed by atoms with Gasteiger partial charge in [0.15, 0.2) is 11.6 Å². The van der Waals surface area contributed by atoms with Crippen molar-refractivity contribution in [3.63, 3.8) is 0 Å². The van der Waals surface area contributed by atoms with Crippen LogP contribution >= 0.6 is 23.8 Å². The zero-order valence-corrected chi connectivity index (χ0v) is 11.1. The summed E-state index contributed by atoms with van der Waals surface area (Å²) in [4.78, 5) is 0.0973. The molecule has 2 aromatic carbocycles. The first-order valence-corrected chi connectivity index (χ1v) is 5.98. The number of hydrogen-bond donors (Lipinski definition) is 1. The molecule has 2 aromatic rings. The van der Waals surface area contributed by atoms with Crippen LogP contribution in [-0.2, 0) is 0 Å². The first-order chi connectivity index (χ1) is 8.97. The maximum atomic E-state index is 13.1. The third-order valence-corrected chi connectivity index (χ3v) is 2.78. The maximum Gasteiger partial charge on any atom is 0.162 e. The fraction of sp³-hybridized carbons (Fsp3) is 0. The summed E-state index contributed by atoms with van der Waals surface area (Å²) in [5.74, 6) is -1.48. The summed E-state index contributed by atoms with van der Waals surface area (Å²) in [7, 11) is 0. The molecule has 0 amide bonds. The molecule has 0 aliphatic carbocycles. The Labute approximate surface area is 118 Å². The van der Waals surface area contributed by atoms with Crippen LogP contribution in [0.15, 0.2) is 36.4 Å². The van der Waals surface area contributed by atoms with Crippen molar-refractivity contribution >= 4 is 28.8 Å². The Morgan fingerprint density at radius 3 is 2.47 bits per heavy atom. The Hall–Kier alpha value is -1.72. The monoisotopic (exact) mass is 299 g/mol. The minimum Gasteiger partial charge on any atom is -0.457 e. The quantitative estimate of drug-likeness (QED) is 0.869. The van der Waals surface area contributed by atoms with Gasteiger partial charge in [0.05, 0.1) is 5.56 Å². The zero-order valence-electron chi connectivity index (χ0n) is 9.49. The van der Waals surface area contributed by atoms with E-state index in [1.54, 1.807) is 18.2 Å². The van der Waals surface area contributed by atoms with Crippen molar-refractivity contribution in [1.29, 1.82) is 0 Å². The molecule has 0 saturated heterocycles. The summed E-state index contributed by atoms with van der Waals surface area (Å²) in [6.45, 7) is 0. The summed E-state index contributed by atoms with van der Waals surface area (Å²) in [5.41, 5.74) is 5.97. The predicted molar refractivity (Wildman–Crippen MR) is 73.8 cm³/mol. The van der Waals surface area contributed by atoms with Gasteiger partial charge < -0.3 is 10.5 Å². The minimum absolute atomic E-state index is 0.0973. The van der Waals surface area contributed by atoms with Crippen molar-refractivity contribution in [3.8, 4) is 11.5 Å². The summed E-state index contributed by atoms with van der Waals surface area (Å²) in [6, 6.07) is 7.89. The van der Waals surface area contributed by atoms with E-state index in [4.69, 9.17) is 34.3 Å². The molecule has 0 fully saturated rings. The largest absolute Gasteiger partial charge is 0.457 e. The Kier molecular flexibility index (Phi) is 3.97. The van der Waals surface area contributed by atoms with Crippen LogP contribution in [0.4, 0.5) is 8.78 Å². The van der Waals surface area contributed by atoms with Crippen molar-refractivity contribution in [2.45, 2.75) is 0 Å². The Balaban J connectivity index is 2.37. The van der Waals surface area contributed by atoms with Gasteiger partial charge in [0.1, 0.15) is 16.5 Å². The fourth-order valence-electron chi connectivity index (χ4n) is 1.45. The van der Waals surface area contributed by atoms with E-state index in [2.05, 4.69) is 0 Å². The predicted octanol–water partition coefficient (Wildman–Crippen LogP) is 4.04. The summed E-state index contributed by atoms with van der Waals surface area (Å²) in [5, 5.41) is 0.445. The lowest BCUT2D eigenvalue weighted by molar-refractivity contribution is 0.461. The molecule has 2 nitrogen and oxygen atoms in total. The number of nitrogens with two attached hydrogens (primary N) is 1. The van der Waals surface area contributed by atoms with Gasteiger partial charge in [-0.05, 0) is 30.3 Å². The van der Waals surface area contributed by atoms with Gasteiger partial charge in [0.25, 0.3) is 0 Å². The van der Waals surface area contributed by atoms with Crippen LogP contribution in [0.5, 0.6) is 11.5 Å². The summed E-state index contributed by atoms with van der Waals surface area (Å²) in [6.07, 6.45) is 0. The average molecular weight is 300 g/mol. The van der Waals surface area contributed by atoms with Crippen LogP contribution in [0, 0.1) is 11.6 Å². The molecule has 0 bridgehead atoms. The topological polar surface area (TPSA) is 35.2 Å². The minimum atomic E-state index is -0.997. The SMILES string of the molecule is NC(=S)c1cc(Cl)ccc1Oc1ccc(F)c(F)c1. The van der Waals surface area contributed by atoms with Crippen LogP contribution in [0.2, 0.25) is 5.02 Å². The number of halogens is 3. The van der Waals surface area contributed by atoms with Gasteiger partial charge in [-0.3, -0.25) is 0 Å². The van der Waals surface area contributed by atoms with Gasteiger partial charge in [-0.15, -0.1) is 0 Å². The molecular weight excluding hydrogens is 292 g/mol. The van der Waals surface area contributed by atoms with E-state index in [-0.39, 0.29) is 10.7 Å². The highest BCUT2D eigenvalue weighted by Gasteiger charge is 2.10. The number of hydrogen-bond acceptors (Lipinski definition) is 2. The van der Waals surface area contributed by atoms with Crippen molar-refractivity contribution in [1.82, 2.24) is 0 Å². The molecule has 6 heteroatoms. The molecule has 2 rings (SSSR count). The highest BCUT2D eigenvalue weighted by atomic mass is 35.5. The van der Waals surface area contributed by atoms with E-state index in [1.165, 1.54) is 6.07 Å². The van der Waals surface area contributed by atoms with E-state index in [1.807, 2.05) is 0 Å². The standard InChI is InChI=1S/C13H8ClF2NOS/c14-7-1-4-12(9(5-7)13(17)19)18-8-2-3-10(15)11(16)6-8/h1-6H,(H2,17,19). The normalized spacial score (nSPS) is 10.3. The van der Waals surface area contributed by atoms with Crippen molar-refractivity contribution < 1.29 is 13.5 Å². The van der Waals surface area contributed by atoms with Crippen molar-refractivity contribution in [2.75, 3.05) is 0 Å². The average Bonchev–Trinajstić information content (AvgIpc) is 2.36. The van der Waals surface area contributed by atoms with Crippen LogP contribution in [0.3, 0.4) is 0 Å². The van der Waals surface area contributed by atoms with Crippen molar-refractivity contribution in [3.05, 3.63) is 58.6 Å². The van der Waals surface area contributed by atoms with Crippen molar-refractivity contribution in [2.24, 2.45) is 5.73 Å². The Morgan fingerprint density at radius 2 is 1.84 bits per heavy atom. The lowest BCUT2D eigenvalue weighted by Crippen LogP contribution is -2.10. The van der Waals surface area contributed by atoms with E-state index >= 15 is 0 Å². The van der Waals surface area contributed by atoms with Crippen LogP contribution in [-0.4, -0.2) is 4.99 Å². The smallest absolute Gasteiger partial charge is 0.162 e. The molecule has 2 N–H and O–H groups in total. The summed E-state index contributed by atoms with van der Waals surface area (Å²) < 4.78 is 31.3. The Morgan fingerprint density at radius 1 is 1.11 bits per heavy atom. The van der Waals surface area contributed by atoms with Crippen LogP contribution in [0.1, 0.15) is 5.56 Å². The molecule has 0 saturated carbocycles. The summed E-state index contributed by atoms with van der Waals surface area (Å²) >= 11 is 10.7. The second-order valence-electron chi connectivity index (χ2n) is 3.68. The van der Waals surface area contributed by atoms with Crippen LogP contribution < -0.4 is 10.5 Å². The first-order valence-electron chi connectivity index (χ1n) is 5.19. The van der Waals surface area contributed by atoms with Gasteiger partial charge in [-0.1, -0.05) is 23.8 Å². The Bertz CT molecular complexity index is 649. The maximum absolute atomic E-state index is 13.1. The van der Waals surface area contributed by atoms with Gasteiger partial charge in [0, 0.05) is 11.1 Å². The number of benzene rings is 2. The van der Waals surface area contributed by atoms with Gasteiger partial charge in [0.2, 0.25) is 0 Å². The molecule has 19 heavy (non-hydrogen) atoms. The first kappa shape index (κ1) is 13.7. The number of thiocarbonyl (C=S) groups is 1. The highest BCUT2D eigenvalue weighted by Crippen LogP contribution is 2.28. The molecule has 0 radical (unpaired) electrons. The third kappa shape index (κ3) is 3.19. The lowest BCUT2D eigenvalue weighted by atomic mass is 10.2. The molecule has 0 spiro atoms. The molecule has 0 aliphatic rings. The van der Waals surface area contributed by atoms with Gasteiger partial charge in [-0.25, -0.2) is 8.78 Å². The van der Waals surface area contributed by atoms with E-state index in [0.29, 0.717) is 16.3 Å². The van der Waals surface area contributed by atoms with E-state index < -0.39 is 11.6 Å². The van der Waals surface area contributed by atoms with Crippen LogP contribution in [0.25, 0.3) is 0 Å². The molecule has 0 heterocycles. The van der Waals surface area contributed by atoms with E-state index in [9.17, 15) is 8.78 Å². The lowest BCUT2D eigenvalue weighted by Gasteiger charge is -2.10. The van der Waals surface area contributed by atoms with E-state index in [0.717, 1.165) is 12.1 Å². The molecule has 98 valence electrons. The molecule has 0 atom stereocenters. The molecule has 0 unspecified atom stereocenters. The molecular formula is C13H8ClF2NOS. The number of rotatable bonds is 3. The van der Waals surface area contributed by atoms with Gasteiger partial charge >= 0.3 is 0 Å². The second-order valence-corrected chi connectivity index (χ2v) is 4.56. The number of ether oxygens (including phenoxy) is 1. The van der Waals surface area contributed by atoms with Gasteiger partial charge in [-0.2, -0.15) is 0 Å². The zero-order chi connectivity index (χ0) is 14.0. The highest BCUT2D eigenvalue weighted by molar-refractivity contribution is 7.80. The second kappa shape index (κ2) is 5.50. The molecule has 0 aliphatic heterocycles. The fourth-order valence-corrected chi connectivity index (χ4v) is 1.78. The molecule has 0 aromatic heterocycles.